The van der Waals surface area contributed by atoms with Crippen molar-refractivity contribution in [2.45, 2.75) is 69.0 Å². The van der Waals surface area contributed by atoms with Crippen LogP contribution in [0.4, 0.5) is 5.69 Å². The Morgan fingerprint density at radius 1 is 1.03 bits per heavy atom. The van der Waals surface area contributed by atoms with Gasteiger partial charge in [0.15, 0.2) is 8.32 Å². The van der Waals surface area contributed by atoms with Crippen molar-refractivity contribution in [1.82, 2.24) is 14.8 Å². The first-order chi connectivity index (χ1) is 17.5. The maximum atomic E-state index is 14.2. The van der Waals surface area contributed by atoms with Gasteiger partial charge in [0, 0.05) is 29.8 Å². The van der Waals surface area contributed by atoms with Gasteiger partial charge < -0.3 is 24.5 Å². The molecular formula is C29H36N4O3Si. The lowest BCUT2D eigenvalue weighted by Gasteiger charge is -2.44. The second-order valence-corrected chi connectivity index (χ2v) is 17.1. The molecule has 2 fully saturated rings. The Morgan fingerprint density at radius 2 is 1.73 bits per heavy atom. The summed E-state index contributed by atoms with van der Waals surface area (Å²) in [5.41, 5.74) is 3.79. The third kappa shape index (κ3) is 3.28. The van der Waals surface area contributed by atoms with Gasteiger partial charge in [0.25, 0.3) is 0 Å². The maximum Gasteiger partial charge on any atom is 0.250 e. The number of amides is 2. The lowest BCUT2D eigenvalue weighted by Crippen LogP contribution is -2.66. The van der Waals surface area contributed by atoms with Gasteiger partial charge >= 0.3 is 0 Å². The van der Waals surface area contributed by atoms with Crippen molar-refractivity contribution >= 4 is 36.7 Å². The lowest BCUT2D eigenvalue weighted by atomic mass is 9.72. The Kier molecular flexibility index (Phi) is 5.21. The second kappa shape index (κ2) is 7.95. The molecule has 0 spiro atoms. The fourth-order valence-electron chi connectivity index (χ4n) is 6.27. The van der Waals surface area contributed by atoms with Crippen LogP contribution in [0.1, 0.15) is 38.3 Å². The summed E-state index contributed by atoms with van der Waals surface area (Å²) < 4.78 is 6.47. The van der Waals surface area contributed by atoms with Gasteiger partial charge in [-0.05, 0) is 47.8 Å². The summed E-state index contributed by atoms with van der Waals surface area (Å²) >= 11 is 0. The van der Waals surface area contributed by atoms with E-state index in [0.717, 1.165) is 27.7 Å². The average Bonchev–Trinajstić information content (AvgIpc) is 3.51. The van der Waals surface area contributed by atoms with Crippen molar-refractivity contribution in [2.24, 2.45) is 0 Å². The number of para-hydroxylation sites is 2. The van der Waals surface area contributed by atoms with Crippen LogP contribution in [0.15, 0.2) is 54.7 Å². The standard InChI is InChI=1S/C29H36N4O3Si/c1-28(2,3)37(5,6)36-17-24-26(35)33-23(25(34)32(24)4)15-29(19-12-8-10-14-22(19)31-27(29)33)20-16-30-21-13-9-7-11-18(20)21/h7-14,16,23-24,27,30-31H,15,17H2,1-6H3/t23-,24-,27+,29+/m0/s1. The molecule has 37 heavy (non-hydrogen) atoms. The Bertz CT molecular complexity index is 1410. The molecule has 3 aromatic rings. The zero-order valence-electron chi connectivity index (χ0n) is 22.5. The van der Waals surface area contributed by atoms with Crippen LogP contribution < -0.4 is 5.32 Å². The summed E-state index contributed by atoms with van der Waals surface area (Å²) in [5, 5.41) is 4.80. The van der Waals surface area contributed by atoms with E-state index in [4.69, 9.17) is 4.43 Å². The third-order valence-corrected chi connectivity index (χ3v) is 13.9. The highest BCUT2D eigenvalue weighted by molar-refractivity contribution is 6.74. The molecule has 2 saturated heterocycles. The SMILES string of the molecule is CN1C(=O)[C@@H]2C[C@]3(c4c[nH]c5ccccc45)c4ccccc4N[C@@H]3N2C(=O)[C@@H]1CO[Si](C)(C)C(C)(C)C. The molecule has 2 N–H and O–H groups in total. The van der Waals surface area contributed by atoms with Crippen molar-refractivity contribution in [1.29, 1.82) is 0 Å². The normalized spacial score (nSPS) is 27.4. The summed E-state index contributed by atoms with van der Waals surface area (Å²) in [7, 11) is -0.344. The van der Waals surface area contributed by atoms with Crippen molar-refractivity contribution in [2.75, 3.05) is 19.0 Å². The molecule has 0 unspecified atom stereocenters. The number of H-pyrrole nitrogens is 1. The molecule has 8 heteroatoms. The topological polar surface area (TPSA) is 77.7 Å². The van der Waals surface area contributed by atoms with E-state index in [1.54, 1.807) is 11.9 Å². The first-order valence-corrected chi connectivity index (χ1v) is 16.0. The van der Waals surface area contributed by atoms with Gasteiger partial charge in [0.05, 0.1) is 12.0 Å². The van der Waals surface area contributed by atoms with Crippen LogP contribution in [0.3, 0.4) is 0 Å². The smallest absolute Gasteiger partial charge is 0.250 e. The molecular weight excluding hydrogens is 480 g/mol. The van der Waals surface area contributed by atoms with Crippen LogP contribution >= 0.6 is 0 Å². The number of hydrogen-bond acceptors (Lipinski definition) is 4. The van der Waals surface area contributed by atoms with Crippen molar-refractivity contribution in [3.05, 3.63) is 65.9 Å². The first kappa shape index (κ1) is 24.2. The maximum absolute atomic E-state index is 14.2. The Morgan fingerprint density at radius 3 is 2.49 bits per heavy atom. The molecule has 2 aromatic carbocycles. The number of anilines is 1. The van der Waals surface area contributed by atoms with E-state index in [1.807, 2.05) is 29.2 Å². The van der Waals surface area contributed by atoms with Gasteiger partial charge in [-0.1, -0.05) is 57.2 Å². The molecule has 194 valence electrons. The van der Waals surface area contributed by atoms with Crippen LogP contribution in [0.2, 0.25) is 18.1 Å². The van der Waals surface area contributed by atoms with Crippen molar-refractivity contribution in [3.8, 4) is 0 Å². The molecule has 0 bridgehead atoms. The number of nitrogens with zero attached hydrogens (tertiary/aromatic N) is 2. The molecule has 6 rings (SSSR count). The summed E-state index contributed by atoms with van der Waals surface area (Å²) in [6.07, 6.45) is 2.25. The first-order valence-electron chi connectivity index (χ1n) is 13.1. The average molecular weight is 517 g/mol. The van der Waals surface area contributed by atoms with E-state index in [1.165, 1.54) is 0 Å². The Labute approximate surface area is 219 Å². The number of likely N-dealkylation sites (N-methyl/N-ethyl adjacent to an activating group) is 1. The molecule has 4 heterocycles. The molecule has 3 aliphatic rings. The zero-order valence-corrected chi connectivity index (χ0v) is 23.5. The summed E-state index contributed by atoms with van der Waals surface area (Å²) in [6.45, 7) is 11.1. The molecule has 7 nitrogen and oxygen atoms in total. The number of hydrogen-bond donors (Lipinski definition) is 2. The highest BCUT2D eigenvalue weighted by Gasteiger charge is 2.65. The van der Waals surface area contributed by atoms with E-state index in [9.17, 15) is 9.59 Å². The number of rotatable bonds is 4. The zero-order chi connectivity index (χ0) is 26.3. The number of carbonyl (C=O) groups excluding carboxylic acids is 2. The minimum absolute atomic E-state index is 0.0165. The molecule has 3 aliphatic heterocycles. The number of nitrogens with one attached hydrogen (secondary N) is 2. The Balaban J connectivity index is 1.44. The van der Waals surface area contributed by atoms with E-state index >= 15 is 0 Å². The highest BCUT2D eigenvalue weighted by Crippen LogP contribution is 2.57. The molecule has 0 saturated carbocycles. The largest absolute Gasteiger partial charge is 0.414 e. The van der Waals surface area contributed by atoms with Gasteiger partial charge in [-0.3, -0.25) is 9.59 Å². The lowest BCUT2D eigenvalue weighted by molar-refractivity contribution is -0.160. The number of fused-ring (bicyclic) bond motifs is 6. The predicted octanol–water partition coefficient (Wildman–Crippen LogP) is 4.67. The van der Waals surface area contributed by atoms with Gasteiger partial charge in [-0.2, -0.15) is 0 Å². The van der Waals surface area contributed by atoms with Crippen LogP contribution in [0.25, 0.3) is 10.9 Å². The van der Waals surface area contributed by atoms with E-state index in [0.29, 0.717) is 6.42 Å². The molecule has 1 aromatic heterocycles. The van der Waals surface area contributed by atoms with Crippen molar-refractivity contribution < 1.29 is 14.0 Å². The van der Waals surface area contributed by atoms with Crippen molar-refractivity contribution in [3.63, 3.8) is 0 Å². The Hall–Kier alpha value is -3.10. The second-order valence-electron chi connectivity index (χ2n) is 12.3. The molecule has 2 amide bonds. The summed E-state index contributed by atoms with van der Waals surface area (Å²) in [5.74, 6) is -0.0610. The third-order valence-electron chi connectivity index (χ3n) is 9.41. The highest BCUT2D eigenvalue weighted by atomic mass is 28.4. The fraction of sp³-hybridized carbons (Fsp3) is 0.448. The number of aromatic nitrogens is 1. The van der Waals surface area contributed by atoms with Gasteiger partial charge in [-0.25, -0.2) is 0 Å². The van der Waals surface area contributed by atoms with E-state index in [-0.39, 0.29) is 29.6 Å². The predicted molar refractivity (Wildman–Crippen MR) is 148 cm³/mol. The van der Waals surface area contributed by atoms with Gasteiger partial charge in [0.1, 0.15) is 18.2 Å². The quantitative estimate of drug-likeness (QED) is 0.494. The molecule has 0 aliphatic carbocycles. The van der Waals surface area contributed by atoms with Crippen LogP contribution in [0.5, 0.6) is 0 Å². The minimum Gasteiger partial charge on any atom is -0.414 e. The monoisotopic (exact) mass is 516 g/mol. The number of benzene rings is 2. The number of piperazine rings is 1. The van der Waals surface area contributed by atoms with Crippen LogP contribution in [-0.2, 0) is 19.4 Å². The van der Waals surface area contributed by atoms with E-state index < -0.39 is 25.8 Å². The molecule has 0 radical (unpaired) electrons. The van der Waals surface area contributed by atoms with E-state index in [2.05, 4.69) is 74.6 Å². The summed E-state index contributed by atoms with van der Waals surface area (Å²) in [6, 6.07) is 15.4. The van der Waals surface area contributed by atoms with Gasteiger partial charge in [-0.15, -0.1) is 0 Å². The minimum atomic E-state index is -2.10. The number of carbonyl (C=O) groups is 2. The van der Waals surface area contributed by atoms with Crippen LogP contribution in [0, 0.1) is 0 Å². The number of aromatic amines is 1. The van der Waals surface area contributed by atoms with Crippen LogP contribution in [-0.4, -0.2) is 66.8 Å². The summed E-state index contributed by atoms with van der Waals surface area (Å²) in [4.78, 5) is 35.0. The van der Waals surface area contributed by atoms with Gasteiger partial charge in [0.2, 0.25) is 11.8 Å². The molecule has 4 atom stereocenters. The fourth-order valence-corrected chi connectivity index (χ4v) is 7.28.